The Kier molecular flexibility index (Phi) is 5.66. The summed E-state index contributed by atoms with van der Waals surface area (Å²) in [7, 11) is 0. The molecule has 0 unspecified atom stereocenters. The zero-order valence-corrected chi connectivity index (χ0v) is 14.6. The van der Waals surface area contributed by atoms with Crippen LogP contribution in [0.5, 0.6) is 0 Å². The first-order valence-electron chi connectivity index (χ1n) is 8.21. The van der Waals surface area contributed by atoms with Gasteiger partial charge in [0, 0.05) is 56.0 Å². The van der Waals surface area contributed by atoms with Crippen LogP contribution in [0.25, 0.3) is 0 Å². The van der Waals surface area contributed by atoms with Gasteiger partial charge in [-0.15, -0.1) is 11.3 Å². The van der Waals surface area contributed by atoms with Gasteiger partial charge < -0.3 is 10.2 Å². The van der Waals surface area contributed by atoms with E-state index in [0.717, 1.165) is 26.2 Å². The highest BCUT2D eigenvalue weighted by molar-refractivity contribution is 7.13. The molecule has 0 saturated carbocycles. The van der Waals surface area contributed by atoms with E-state index < -0.39 is 0 Å². The van der Waals surface area contributed by atoms with E-state index in [4.69, 9.17) is 0 Å². The van der Waals surface area contributed by atoms with E-state index in [1.807, 2.05) is 11.4 Å². The lowest BCUT2D eigenvalue weighted by Gasteiger charge is -2.39. The van der Waals surface area contributed by atoms with E-state index in [9.17, 15) is 4.79 Å². The molecule has 2 amide bonds. The number of rotatable bonds is 5. The number of hydrogen-bond donors (Lipinski definition) is 2. The Morgan fingerprint density at radius 3 is 2.67 bits per heavy atom. The number of carbonyl (C=O) groups is 1. The summed E-state index contributed by atoms with van der Waals surface area (Å²) in [5, 5.41) is 8.12. The number of thiazole rings is 1. The van der Waals surface area contributed by atoms with Crippen LogP contribution < -0.4 is 15.5 Å². The highest BCUT2D eigenvalue weighted by Gasteiger charge is 2.21. The molecular weight excluding hydrogens is 322 g/mol. The maximum atomic E-state index is 11.9. The van der Waals surface area contributed by atoms with E-state index in [2.05, 4.69) is 56.6 Å². The van der Waals surface area contributed by atoms with Crippen molar-refractivity contribution in [3.8, 4) is 0 Å². The minimum atomic E-state index is -0.195. The van der Waals surface area contributed by atoms with E-state index in [-0.39, 0.29) is 6.03 Å². The molecule has 24 heavy (non-hydrogen) atoms. The van der Waals surface area contributed by atoms with Crippen LogP contribution in [0.15, 0.2) is 41.9 Å². The Morgan fingerprint density at radius 2 is 2.00 bits per heavy atom. The van der Waals surface area contributed by atoms with Crippen LogP contribution in [-0.4, -0.2) is 54.7 Å². The second kappa shape index (κ2) is 8.12. The van der Waals surface area contributed by atoms with Crippen molar-refractivity contribution in [2.24, 2.45) is 0 Å². The SMILES string of the molecule is C[C@H](CNC(=O)Nc1nccs1)N1CCN(c2ccccc2)CC1. The topological polar surface area (TPSA) is 60.5 Å². The molecule has 0 aliphatic carbocycles. The van der Waals surface area contributed by atoms with Gasteiger partial charge in [-0.05, 0) is 19.1 Å². The average molecular weight is 345 g/mol. The van der Waals surface area contributed by atoms with E-state index in [0.29, 0.717) is 17.7 Å². The number of para-hydroxylation sites is 1. The molecule has 1 saturated heterocycles. The minimum Gasteiger partial charge on any atom is -0.369 e. The zero-order chi connectivity index (χ0) is 16.8. The second-order valence-corrected chi connectivity index (χ2v) is 6.77. The molecule has 1 aromatic heterocycles. The Hall–Kier alpha value is -2.12. The Balaban J connectivity index is 1.40. The van der Waals surface area contributed by atoms with Crippen molar-refractivity contribution >= 4 is 28.2 Å². The molecule has 1 atom stereocenters. The molecule has 3 rings (SSSR count). The van der Waals surface area contributed by atoms with Gasteiger partial charge in [0.1, 0.15) is 0 Å². The average Bonchev–Trinajstić information content (AvgIpc) is 3.13. The predicted molar refractivity (Wildman–Crippen MR) is 98.8 cm³/mol. The van der Waals surface area contributed by atoms with Crippen molar-refractivity contribution in [3.63, 3.8) is 0 Å². The third-order valence-corrected chi connectivity index (χ3v) is 4.96. The summed E-state index contributed by atoms with van der Waals surface area (Å²) in [4.78, 5) is 20.7. The lowest BCUT2D eigenvalue weighted by atomic mass is 10.2. The third-order valence-electron chi connectivity index (χ3n) is 4.27. The van der Waals surface area contributed by atoms with E-state index >= 15 is 0 Å². The molecule has 0 bridgehead atoms. The molecule has 1 aromatic carbocycles. The van der Waals surface area contributed by atoms with Crippen LogP contribution in [0.1, 0.15) is 6.92 Å². The fourth-order valence-electron chi connectivity index (χ4n) is 2.86. The number of aromatic nitrogens is 1. The first-order chi connectivity index (χ1) is 11.7. The third kappa shape index (κ3) is 4.46. The molecule has 2 aromatic rings. The molecule has 1 fully saturated rings. The smallest absolute Gasteiger partial charge is 0.321 e. The molecule has 0 radical (unpaired) electrons. The number of hydrogen-bond acceptors (Lipinski definition) is 5. The monoisotopic (exact) mass is 345 g/mol. The first kappa shape index (κ1) is 16.7. The summed E-state index contributed by atoms with van der Waals surface area (Å²) in [6, 6.07) is 10.6. The predicted octanol–water partition coefficient (Wildman–Crippen LogP) is 2.48. The van der Waals surface area contributed by atoms with Crippen LogP contribution in [0.2, 0.25) is 0 Å². The molecule has 1 aliphatic heterocycles. The lowest BCUT2D eigenvalue weighted by Crippen LogP contribution is -2.52. The summed E-state index contributed by atoms with van der Waals surface area (Å²) in [6.07, 6.45) is 1.68. The van der Waals surface area contributed by atoms with Gasteiger partial charge in [0.15, 0.2) is 5.13 Å². The molecule has 2 N–H and O–H groups in total. The van der Waals surface area contributed by atoms with E-state index in [1.165, 1.54) is 17.0 Å². The maximum absolute atomic E-state index is 11.9. The number of piperazine rings is 1. The standard InChI is InChI=1S/C17H23N5OS/c1-14(13-19-16(23)20-17-18-7-12-24-17)21-8-10-22(11-9-21)15-5-3-2-4-6-15/h2-7,12,14H,8-11,13H2,1H3,(H2,18,19,20,23)/t14-/m1/s1. The van der Waals surface area contributed by atoms with Crippen molar-refractivity contribution in [1.29, 1.82) is 0 Å². The van der Waals surface area contributed by atoms with Crippen molar-refractivity contribution in [1.82, 2.24) is 15.2 Å². The van der Waals surface area contributed by atoms with Gasteiger partial charge >= 0.3 is 6.03 Å². The van der Waals surface area contributed by atoms with Crippen molar-refractivity contribution in [2.45, 2.75) is 13.0 Å². The van der Waals surface area contributed by atoms with Crippen LogP contribution in [0, 0.1) is 0 Å². The highest BCUT2D eigenvalue weighted by atomic mass is 32.1. The lowest BCUT2D eigenvalue weighted by molar-refractivity contribution is 0.192. The molecular formula is C17H23N5OS. The van der Waals surface area contributed by atoms with Crippen molar-refractivity contribution < 1.29 is 4.79 Å². The molecule has 2 heterocycles. The minimum absolute atomic E-state index is 0.195. The van der Waals surface area contributed by atoms with Crippen molar-refractivity contribution in [3.05, 3.63) is 41.9 Å². The first-order valence-corrected chi connectivity index (χ1v) is 9.09. The van der Waals surface area contributed by atoms with Gasteiger partial charge in [-0.25, -0.2) is 9.78 Å². The van der Waals surface area contributed by atoms with Gasteiger partial charge in [0.25, 0.3) is 0 Å². The molecule has 1 aliphatic rings. The second-order valence-electron chi connectivity index (χ2n) is 5.88. The molecule has 7 heteroatoms. The fourth-order valence-corrected chi connectivity index (χ4v) is 3.38. The highest BCUT2D eigenvalue weighted by Crippen LogP contribution is 2.16. The zero-order valence-electron chi connectivity index (χ0n) is 13.8. The van der Waals surface area contributed by atoms with Crippen LogP contribution >= 0.6 is 11.3 Å². The van der Waals surface area contributed by atoms with Gasteiger partial charge in [0.05, 0.1) is 0 Å². The Morgan fingerprint density at radius 1 is 1.25 bits per heavy atom. The number of nitrogens with zero attached hydrogens (tertiary/aromatic N) is 3. The van der Waals surface area contributed by atoms with Crippen molar-refractivity contribution in [2.75, 3.05) is 42.9 Å². The number of benzene rings is 1. The number of carbonyl (C=O) groups excluding carboxylic acids is 1. The van der Waals surface area contributed by atoms with Gasteiger partial charge in [0.2, 0.25) is 0 Å². The van der Waals surface area contributed by atoms with Gasteiger partial charge in [-0.2, -0.15) is 0 Å². The summed E-state index contributed by atoms with van der Waals surface area (Å²) >= 11 is 1.41. The quantitative estimate of drug-likeness (QED) is 0.874. The molecule has 0 spiro atoms. The Labute approximate surface area is 146 Å². The number of nitrogens with one attached hydrogen (secondary N) is 2. The van der Waals surface area contributed by atoms with E-state index in [1.54, 1.807) is 6.20 Å². The molecule has 128 valence electrons. The summed E-state index contributed by atoms with van der Waals surface area (Å²) < 4.78 is 0. The normalized spacial score (nSPS) is 16.6. The van der Waals surface area contributed by atoms with Crippen LogP contribution in [-0.2, 0) is 0 Å². The fraction of sp³-hybridized carbons (Fsp3) is 0.412. The summed E-state index contributed by atoms with van der Waals surface area (Å²) in [5.74, 6) is 0. The number of urea groups is 1. The van der Waals surface area contributed by atoms with Gasteiger partial charge in [-0.1, -0.05) is 18.2 Å². The number of anilines is 2. The largest absolute Gasteiger partial charge is 0.369 e. The maximum Gasteiger partial charge on any atom is 0.321 e. The van der Waals surface area contributed by atoms with Crippen LogP contribution in [0.4, 0.5) is 15.6 Å². The van der Waals surface area contributed by atoms with Gasteiger partial charge in [-0.3, -0.25) is 10.2 Å². The Bertz CT molecular complexity index is 626. The number of amides is 2. The molecule has 6 nitrogen and oxygen atoms in total. The van der Waals surface area contributed by atoms with Crippen LogP contribution in [0.3, 0.4) is 0 Å². The summed E-state index contributed by atoms with van der Waals surface area (Å²) in [6.45, 7) is 6.82. The summed E-state index contributed by atoms with van der Waals surface area (Å²) in [5.41, 5.74) is 1.28.